The maximum atomic E-state index is 11.3. The fraction of sp³-hybridized carbons (Fsp3) is 0.308. The summed E-state index contributed by atoms with van der Waals surface area (Å²) in [4.78, 5) is 15.6. The largest absolute Gasteiger partial charge is 0.352 e. The van der Waals surface area contributed by atoms with E-state index in [1.807, 2.05) is 31.3 Å². The molecule has 0 aromatic carbocycles. The number of hydrogen-bond donors (Lipinski definition) is 1. The van der Waals surface area contributed by atoms with Gasteiger partial charge >= 0.3 is 0 Å². The number of nitrogens with zero attached hydrogens (tertiary/aromatic N) is 3. The van der Waals surface area contributed by atoms with E-state index in [1.54, 1.807) is 17.1 Å². The van der Waals surface area contributed by atoms with Gasteiger partial charge < -0.3 is 5.32 Å². The smallest absolute Gasteiger partial charge is 0.220 e. The third-order valence-corrected chi connectivity index (χ3v) is 2.51. The van der Waals surface area contributed by atoms with E-state index >= 15 is 0 Å². The van der Waals surface area contributed by atoms with Crippen LogP contribution in [0.3, 0.4) is 0 Å². The van der Waals surface area contributed by atoms with Gasteiger partial charge in [-0.3, -0.25) is 4.79 Å². The average Bonchev–Trinajstić information content (AvgIpc) is 2.91. The quantitative estimate of drug-likeness (QED) is 0.870. The molecule has 2 rings (SSSR count). The van der Waals surface area contributed by atoms with Crippen molar-refractivity contribution in [1.29, 1.82) is 0 Å². The number of aromatic nitrogens is 3. The molecule has 1 amide bonds. The summed E-state index contributed by atoms with van der Waals surface area (Å²) in [6.07, 6.45) is 6.73. The normalized spacial score (nSPS) is 10.3. The maximum absolute atomic E-state index is 11.3. The van der Waals surface area contributed by atoms with E-state index in [0.29, 0.717) is 13.0 Å². The van der Waals surface area contributed by atoms with Crippen molar-refractivity contribution < 1.29 is 4.79 Å². The zero-order chi connectivity index (χ0) is 12.8. The van der Waals surface area contributed by atoms with Crippen molar-refractivity contribution in [2.75, 3.05) is 0 Å². The van der Waals surface area contributed by atoms with Gasteiger partial charge in [0.15, 0.2) is 5.82 Å². The van der Waals surface area contributed by atoms with Crippen LogP contribution in [0.1, 0.15) is 25.3 Å². The minimum Gasteiger partial charge on any atom is -0.352 e. The van der Waals surface area contributed by atoms with Crippen molar-refractivity contribution in [2.24, 2.45) is 0 Å². The Labute approximate surface area is 106 Å². The van der Waals surface area contributed by atoms with Gasteiger partial charge in [0.2, 0.25) is 5.91 Å². The molecule has 2 heterocycles. The van der Waals surface area contributed by atoms with Crippen LogP contribution in [0.4, 0.5) is 0 Å². The van der Waals surface area contributed by atoms with Gasteiger partial charge in [0.1, 0.15) is 0 Å². The molecule has 0 bridgehead atoms. The number of rotatable bonds is 5. The van der Waals surface area contributed by atoms with Crippen molar-refractivity contribution in [3.05, 3.63) is 42.4 Å². The van der Waals surface area contributed by atoms with Gasteiger partial charge in [0, 0.05) is 31.6 Å². The number of hydrogen-bond acceptors (Lipinski definition) is 3. The molecule has 5 heteroatoms. The fourth-order valence-corrected chi connectivity index (χ4v) is 1.58. The Bertz CT molecular complexity index is 490. The summed E-state index contributed by atoms with van der Waals surface area (Å²) >= 11 is 0. The van der Waals surface area contributed by atoms with Crippen LogP contribution < -0.4 is 5.32 Å². The highest BCUT2D eigenvalue weighted by Gasteiger charge is 2.01. The highest BCUT2D eigenvalue weighted by atomic mass is 16.1. The molecule has 0 saturated heterocycles. The Morgan fingerprint density at radius 1 is 1.44 bits per heavy atom. The molecule has 5 nitrogen and oxygen atoms in total. The van der Waals surface area contributed by atoms with Crippen molar-refractivity contribution in [2.45, 2.75) is 26.3 Å². The van der Waals surface area contributed by atoms with E-state index in [1.165, 1.54) is 0 Å². The fourth-order valence-electron chi connectivity index (χ4n) is 1.58. The van der Waals surface area contributed by atoms with Gasteiger partial charge in [-0.25, -0.2) is 9.67 Å². The molecule has 2 aromatic rings. The second kappa shape index (κ2) is 5.95. The van der Waals surface area contributed by atoms with Crippen LogP contribution in [0.2, 0.25) is 0 Å². The van der Waals surface area contributed by atoms with E-state index in [9.17, 15) is 4.79 Å². The molecular formula is C13H16N4O. The van der Waals surface area contributed by atoms with E-state index < -0.39 is 0 Å². The van der Waals surface area contributed by atoms with Crippen LogP contribution in [0.25, 0.3) is 5.82 Å². The molecule has 0 aliphatic heterocycles. The molecule has 0 spiro atoms. The molecular weight excluding hydrogens is 228 g/mol. The lowest BCUT2D eigenvalue weighted by atomic mass is 10.2. The van der Waals surface area contributed by atoms with Crippen LogP contribution in [0.5, 0.6) is 0 Å². The van der Waals surface area contributed by atoms with E-state index in [0.717, 1.165) is 17.8 Å². The van der Waals surface area contributed by atoms with Crippen LogP contribution in [0.15, 0.2) is 36.8 Å². The van der Waals surface area contributed by atoms with E-state index in [2.05, 4.69) is 15.4 Å². The third-order valence-electron chi connectivity index (χ3n) is 2.51. The molecule has 2 aromatic heterocycles. The summed E-state index contributed by atoms with van der Waals surface area (Å²) in [6, 6.07) is 5.67. The maximum Gasteiger partial charge on any atom is 0.220 e. The van der Waals surface area contributed by atoms with Crippen LogP contribution in [0, 0.1) is 0 Å². The lowest BCUT2D eigenvalue weighted by Gasteiger charge is -2.05. The lowest BCUT2D eigenvalue weighted by molar-refractivity contribution is -0.121. The number of pyridine rings is 1. The number of nitrogens with one attached hydrogen (secondary N) is 1. The van der Waals surface area contributed by atoms with Gasteiger partial charge in [-0.2, -0.15) is 5.10 Å². The van der Waals surface area contributed by atoms with Crippen LogP contribution >= 0.6 is 0 Å². The first-order valence-electron chi connectivity index (χ1n) is 6.01. The molecule has 0 fully saturated rings. The van der Waals surface area contributed by atoms with Crippen molar-refractivity contribution in [1.82, 2.24) is 20.1 Å². The Kier molecular flexibility index (Phi) is 4.06. The zero-order valence-electron chi connectivity index (χ0n) is 10.3. The Balaban J connectivity index is 1.94. The van der Waals surface area contributed by atoms with Gasteiger partial charge in [0.25, 0.3) is 0 Å². The van der Waals surface area contributed by atoms with Crippen molar-refractivity contribution in [3.63, 3.8) is 0 Å². The lowest BCUT2D eigenvalue weighted by Crippen LogP contribution is -2.22. The number of amides is 1. The third kappa shape index (κ3) is 3.16. The number of carbonyl (C=O) groups excluding carboxylic acids is 1. The topological polar surface area (TPSA) is 59.8 Å². The molecule has 94 valence electrons. The average molecular weight is 244 g/mol. The summed E-state index contributed by atoms with van der Waals surface area (Å²) in [6.45, 7) is 2.51. The molecule has 0 unspecified atom stereocenters. The van der Waals surface area contributed by atoms with Crippen LogP contribution in [-0.4, -0.2) is 20.7 Å². The SMILES string of the molecule is CCCC(=O)NCc1ccc(-n2cccn2)nc1. The van der Waals surface area contributed by atoms with Gasteiger partial charge in [0.05, 0.1) is 0 Å². The first-order chi connectivity index (χ1) is 8.79. The Morgan fingerprint density at radius 2 is 2.33 bits per heavy atom. The minimum absolute atomic E-state index is 0.0775. The molecule has 0 atom stereocenters. The second-order valence-electron chi connectivity index (χ2n) is 4.00. The van der Waals surface area contributed by atoms with Crippen LogP contribution in [-0.2, 0) is 11.3 Å². The Hall–Kier alpha value is -2.17. The summed E-state index contributed by atoms with van der Waals surface area (Å²) in [5, 5.41) is 6.95. The highest BCUT2D eigenvalue weighted by molar-refractivity contribution is 5.75. The van der Waals surface area contributed by atoms with E-state index in [-0.39, 0.29) is 5.91 Å². The first-order valence-corrected chi connectivity index (χ1v) is 6.01. The first kappa shape index (κ1) is 12.3. The molecule has 0 aliphatic carbocycles. The molecule has 1 N–H and O–H groups in total. The molecule has 0 radical (unpaired) electrons. The summed E-state index contributed by atoms with van der Waals surface area (Å²) < 4.78 is 1.69. The predicted octanol–water partition coefficient (Wildman–Crippen LogP) is 1.68. The molecule has 18 heavy (non-hydrogen) atoms. The van der Waals surface area contributed by atoms with Crippen molar-refractivity contribution >= 4 is 5.91 Å². The predicted molar refractivity (Wildman–Crippen MR) is 68.1 cm³/mol. The Morgan fingerprint density at radius 3 is 2.94 bits per heavy atom. The minimum atomic E-state index is 0.0775. The zero-order valence-corrected chi connectivity index (χ0v) is 10.3. The standard InChI is InChI=1S/C13H16N4O/c1-2-4-13(18)15-10-11-5-6-12(14-9-11)17-8-3-7-16-17/h3,5-9H,2,4,10H2,1H3,(H,15,18). The summed E-state index contributed by atoms with van der Waals surface area (Å²) in [5.74, 6) is 0.845. The highest BCUT2D eigenvalue weighted by Crippen LogP contribution is 2.04. The summed E-state index contributed by atoms with van der Waals surface area (Å²) in [5.41, 5.74) is 0.982. The second-order valence-corrected chi connectivity index (χ2v) is 4.00. The van der Waals surface area contributed by atoms with Gasteiger partial charge in [-0.05, 0) is 24.1 Å². The summed E-state index contributed by atoms with van der Waals surface area (Å²) in [7, 11) is 0. The van der Waals surface area contributed by atoms with Crippen molar-refractivity contribution in [3.8, 4) is 5.82 Å². The number of carbonyl (C=O) groups is 1. The monoisotopic (exact) mass is 244 g/mol. The van der Waals surface area contributed by atoms with Gasteiger partial charge in [-0.1, -0.05) is 13.0 Å². The molecule has 0 saturated carbocycles. The molecule has 0 aliphatic rings. The van der Waals surface area contributed by atoms with E-state index in [4.69, 9.17) is 0 Å². The van der Waals surface area contributed by atoms with Gasteiger partial charge in [-0.15, -0.1) is 0 Å².